The highest BCUT2D eigenvalue weighted by Crippen LogP contribution is 2.48. The second-order valence-corrected chi connectivity index (χ2v) is 7.56. The minimum absolute atomic E-state index is 0.0372. The van der Waals surface area contributed by atoms with Gasteiger partial charge >= 0.3 is 19.1 Å². The molecule has 1 aliphatic rings. The standard InChI is InChI=1S/C21H19F9N2O3/c1-32(13-7-5-12(6-8-13)15-4-2-3-9-31-15)18-16(34-20(25,26)27)10-14(33-19(22,23)24)11-17(18)35-21(28,29)30/h5-8,10-11,15,31H,2-4,9H2,1H3. The molecule has 2 aromatic carbocycles. The molecule has 1 saturated heterocycles. The van der Waals surface area contributed by atoms with E-state index in [1.807, 2.05) is 0 Å². The summed E-state index contributed by atoms with van der Waals surface area (Å²) in [5.74, 6) is -4.18. The Morgan fingerprint density at radius 3 is 1.71 bits per heavy atom. The van der Waals surface area contributed by atoms with Crippen LogP contribution < -0.4 is 24.4 Å². The number of rotatable bonds is 6. The van der Waals surface area contributed by atoms with Gasteiger partial charge in [-0.25, -0.2) is 0 Å². The van der Waals surface area contributed by atoms with Gasteiger partial charge in [-0.1, -0.05) is 18.6 Å². The lowest BCUT2D eigenvalue weighted by atomic mass is 9.97. The first-order valence-corrected chi connectivity index (χ1v) is 10.1. The number of hydrogen-bond acceptors (Lipinski definition) is 5. The van der Waals surface area contributed by atoms with Gasteiger partial charge < -0.3 is 24.4 Å². The average Bonchev–Trinajstić information content (AvgIpc) is 2.70. The second kappa shape index (κ2) is 9.91. The lowest BCUT2D eigenvalue weighted by molar-refractivity contribution is -0.278. The SMILES string of the molecule is CN(c1ccc(C2CCCCN2)cc1)c1c(OC(F)(F)F)cc(OC(F)(F)F)cc1OC(F)(F)F. The fourth-order valence-electron chi connectivity index (χ4n) is 3.68. The van der Waals surface area contributed by atoms with Crippen molar-refractivity contribution in [2.75, 3.05) is 18.5 Å². The normalized spacial score (nSPS) is 17.1. The molecule has 2 aromatic rings. The van der Waals surface area contributed by atoms with Crippen molar-refractivity contribution in [2.45, 2.75) is 44.4 Å². The zero-order chi connectivity index (χ0) is 26.0. The molecule has 0 bridgehead atoms. The highest BCUT2D eigenvalue weighted by molar-refractivity contribution is 5.76. The molecular formula is C21H19F9N2O3. The zero-order valence-corrected chi connectivity index (χ0v) is 17.9. The number of halogens is 9. The summed E-state index contributed by atoms with van der Waals surface area (Å²) in [5, 5.41) is 3.30. The van der Waals surface area contributed by atoms with Crippen molar-refractivity contribution in [3.63, 3.8) is 0 Å². The Bertz CT molecular complexity index is 962. The molecule has 0 radical (unpaired) electrons. The number of nitrogens with zero attached hydrogens (tertiary/aromatic N) is 1. The van der Waals surface area contributed by atoms with Crippen LogP contribution in [-0.2, 0) is 0 Å². The number of hydrogen-bond donors (Lipinski definition) is 1. The Hall–Kier alpha value is -3.03. The predicted molar refractivity (Wildman–Crippen MR) is 106 cm³/mol. The smallest absolute Gasteiger partial charge is 0.406 e. The maximum atomic E-state index is 13.0. The summed E-state index contributed by atoms with van der Waals surface area (Å²) < 4.78 is 127. The van der Waals surface area contributed by atoms with Crippen LogP contribution >= 0.6 is 0 Å². The summed E-state index contributed by atoms with van der Waals surface area (Å²) >= 11 is 0. The molecule has 14 heteroatoms. The summed E-state index contributed by atoms with van der Waals surface area (Å²) in [4.78, 5) is 0.873. The van der Waals surface area contributed by atoms with Crippen LogP contribution in [-0.4, -0.2) is 32.7 Å². The van der Waals surface area contributed by atoms with Crippen molar-refractivity contribution in [1.82, 2.24) is 5.32 Å². The van der Waals surface area contributed by atoms with Crippen molar-refractivity contribution in [1.29, 1.82) is 0 Å². The molecule has 1 unspecified atom stereocenters. The van der Waals surface area contributed by atoms with E-state index >= 15 is 0 Å². The topological polar surface area (TPSA) is 43.0 Å². The minimum atomic E-state index is -5.45. The highest BCUT2D eigenvalue weighted by atomic mass is 19.4. The number of ether oxygens (including phenoxy) is 3. The Morgan fingerprint density at radius 2 is 1.29 bits per heavy atom. The van der Waals surface area contributed by atoms with E-state index < -0.39 is 42.0 Å². The van der Waals surface area contributed by atoms with Gasteiger partial charge in [-0.2, -0.15) is 0 Å². The molecule has 1 aliphatic heterocycles. The van der Waals surface area contributed by atoms with E-state index in [2.05, 4.69) is 19.5 Å². The van der Waals surface area contributed by atoms with Crippen molar-refractivity contribution >= 4 is 11.4 Å². The monoisotopic (exact) mass is 518 g/mol. The van der Waals surface area contributed by atoms with E-state index in [4.69, 9.17) is 0 Å². The minimum Gasteiger partial charge on any atom is -0.406 e. The predicted octanol–water partition coefficient (Wildman–Crippen LogP) is 6.96. The quantitative estimate of drug-likeness (QED) is 0.419. The van der Waals surface area contributed by atoms with Gasteiger partial charge in [-0.05, 0) is 37.1 Å². The van der Waals surface area contributed by atoms with Crippen molar-refractivity contribution < 1.29 is 53.7 Å². The molecule has 0 aliphatic carbocycles. The molecular weight excluding hydrogens is 499 g/mol. The van der Waals surface area contributed by atoms with E-state index in [0.717, 1.165) is 43.3 Å². The Kier molecular flexibility index (Phi) is 7.53. The van der Waals surface area contributed by atoms with Crippen LogP contribution in [0.4, 0.5) is 50.9 Å². The first-order valence-electron chi connectivity index (χ1n) is 10.1. The summed E-state index contributed by atoms with van der Waals surface area (Å²) in [6.45, 7) is 0.801. The zero-order valence-electron chi connectivity index (χ0n) is 17.9. The van der Waals surface area contributed by atoms with E-state index in [0.29, 0.717) is 0 Å². The maximum absolute atomic E-state index is 13.0. The van der Waals surface area contributed by atoms with Crippen LogP contribution in [0, 0.1) is 0 Å². The van der Waals surface area contributed by atoms with Gasteiger partial charge in [0.2, 0.25) is 0 Å². The number of piperidine rings is 1. The fourth-order valence-corrected chi connectivity index (χ4v) is 3.68. The molecule has 0 saturated carbocycles. The van der Waals surface area contributed by atoms with E-state index in [1.54, 1.807) is 12.1 Å². The third-order valence-electron chi connectivity index (χ3n) is 5.03. The van der Waals surface area contributed by atoms with Crippen LogP contribution in [0.15, 0.2) is 36.4 Å². The van der Waals surface area contributed by atoms with Crippen molar-refractivity contribution in [3.8, 4) is 17.2 Å². The van der Waals surface area contributed by atoms with Gasteiger partial charge in [0.25, 0.3) is 0 Å². The molecule has 3 rings (SSSR count). The van der Waals surface area contributed by atoms with Crippen LogP contribution in [0.2, 0.25) is 0 Å². The van der Waals surface area contributed by atoms with Crippen molar-refractivity contribution in [2.24, 2.45) is 0 Å². The van der Waals surface area contributed by atoms with Crippen LogP contribution in [0.5, 0.6) is 17.2 Å². The Balaban J connectivity index is 2.07. The van der Waals surface area contributed by atoms with Gasteiger partial charge in [0, 0.05) is 30.9 Å². The molecule has 0 amide bonds. The lowest BCUT2D eigenvalue weighted by Crippen LogP contribution is -2.26. The molecule has 1 heterocycles. The molecule has 0 spiro atoms. The number of nitrogens with one attached hydrogen (secondary N) is 1. The first-order chi connectivity index (χ1) is 16.1. The summed E-state index contributed by atoms with van der Waals surface area (Å²) in [6, 6.07) is 6.57. The molecule has 1 N–H and O–H groups in total. The molecule has 0 aromatic heterocycles. The molecule has 35 heavy (non-hydrogen) atoms. The summed E-state index contributed by atoms with van der Waals surface area (Å²) in [7, 11) is 1.11. The number of alkyl halides is 9. The van der Waals surface area contributed by atoms with E-state index in [9.17, 15) is 39.5 Å². The third kappa shape index (κ3) is 7.73. The van der Waals surface area contributed by atoms with Gasteiger partial charge in [0.05, 0.1) is 0 Å². The van der Waals surface area contributed by atoms with Crippen molar-refractivity contribution in [3.05, 3.63) is 42.0 Å². The van der Waals surface area contributed by atoms with Gasteiger partial charge in [-0.15, -0.1) is 39.5 Å². The van der Waals surface area contributed by atoms with Gasteiger partial charge in [-0.3, -0.25) is 0 Å². The third-order valence-corrected chi connectivity index (χ3v) is 5.03. The molecule has 5 nitrogen and oxygen atoms in total. The van der Waals surface area contributed by atoms with Gasteiger partial charge in [0.1, 0.15) is 11.4 Å². The summed E-state index contributed by atoms with van der Waals surface area (Å²) in [6.07, 6.45) is -13.4. The van der Waals surface area contributed by atoms with E-state index in [1.165, 1.54) is 12.1 Å². The van der Waals surface area contributed by atoms with Gasteiger partial charge in [0.15, 0.2) is 11.5 Å². The molecule has 1 fully saturated rings. The van der Waals surface area contributed by atoms with Crippen LogP contribution in [0.3, 0.4) is 0 Å². The fraction of sp³-hybridized carbons (Fsp3) is 0.429. The van der Waals surface area contributed by atoms with E-state index in [-0.39, 0.29) is 23.9 Å². The van der Waals surface area contributed by atoms with Crippen LogP contribution in [0.1, 0.15) is 30.9 Å². The Labute approximate surface area is 193 Å². The maximum Gasteiger partial charge on any atom is 0.573 e. The number of benzene rings is 2. The first kappa shape index (κ1) is 26.6. The largest absolute Gasteiger partial charge is 0.573 e. The lowest BCUT2D eigenvalue weighted by Gasteiger charge is -2.28. The summed E-state index contributed by atoms with van der Waals surface area (Å²) in [5.41, 5.74) is 0.0557. The second-order valence-electron chi connectivity index (χ2n) is 7.56. The van der Waals surface area contributed by atoms with Crippen LogP contribution in [0.25, 0.3) is 0 Å². The molecule has 194 valence electrons. The molecule has 1 atom stereocenters. The highest BCUT2D eigenvalue weighted by Gasteiger charge is 2.39. The number of anilines is 2. The Morgan fingerprint density at radius 1 is 0.771 bits per heavy atom. The average molecular weight is 518 g/mol.